The number of carbonyl (C=O) groups excluding carboxylic acids is 1. The average molecular weight is 1250 g/mol. The predicted molar refractivity (Wildman–Crippen MR) is 281 cm³/mol. The second-order valence-electron chi connectivity index (χ2n) is 23.8. The fraction of sp³-hybridized carbons (Fsp3) is 0.759. The molecule has 0 bridgehead atoms. The highest BCUT2D eigenvalue weighted by molar-refractivity contribution is 7.85. The Kier molecular flexibility index (Phi) is 20.6. The van der Waals surface area contributed by atoms with Crippen LogP contribution in [0.4, 0.5) is 43.9 Å². The topological polar surface area (TPSA) is 214 Å². The van der Waals surface area contributed by atoms with Crippen LogP contribution in [0.5, 0.6) is 11.5 Å². The molecule has 27 heteroatoms. The zero-order valence-corrected chi connectivity index (χ0v) is 48.7. The molecule has 81 heavy (non-hydrogen) atoms. The number of aliphatic hydroxyl groups excluding tert-OH is 2. The summed E-state index contributed by atoms with van der Waals surface area (Å²) in [6.07, 6.45) is -5.65. The van der Waals surface area contributed by atoms with Crippen molar-refractivity contribution in [3.05, 3.63) is 58.7 Å². The molecular formula is C54H74F10O13P2S2. The van der Waals surface area contributed by atoms with Crippen molar-refractivity contribution in [2.75, 3.05) is 23.0 Å². The molecule has 6 aliphatic rings. The Morgan fingerprint density at radius 1 is 0.605 bits per heavy atom. The Labute approximate surface area is 470 Å². The summed E-state index contributed by atoms with van der Waals surface area (Å²) in [5.74, 6) is -8.85. The van der Waals surface area contributed by atoms with E-state index in [9.17, 15) is 91.1 Å². The highest BCUT2D eigenvalue weighted by Gasteiger charge is 2.60. The van der Waals surface area contributed by atoms with Crippen LogP contribution in [0.3, 0.4) is 0 Å². The van der Waals surface area contributed by atoms with Gasteiger partial charge in [0.05, 0.1) is 12.2 Å². The summed E-state index contributed by atoms with van der Waals surface area (Å²) in [7, 11) is -12.5. The van der Waals surface area contributed by atoms with Crippen molar-refractivity contribution in [1.29, 1.82) is 0 Å². The van der Waals surface area contributed by atoms with Crippen molar-refractivity contribution >= 4 is 43.2 Å². The van der Waals surface area contributed by atoms with Gasteiger partial charge in [-0.1, -0.05) is 26.0 Å². The van der Waals surface area contributed by atoms with Gasteiger partial charge in [-0.2, -0.15) is 43.9 Å². The predicted octanol–water partition coefficient (Wildman–Crippen LogP) is 12.8. The molecule has 460 valence electrons. The van der Waals surface area contributed by atoms with Gasteiger partial charge in [0.25, 0.3) is 0 Å². The van der Waals surface area contributed by atoms with E-state index in [4.69, 9.17) is 9.05 Å². The Bertz CT molecular complexity index is 2690. The van der Waals surface area contributed by atoms with E-state index in [1.807, 2.05) is 12.1 Å². The quantitative estimate of drug-likeness (QED) is 0.0582. The Morgan fingerprint density at radius 3 is 1.36 bits per heavy atom. The summed E-state index contributed by atoms with van der Waals surface area (Å²) in [5, 5.41) is 21.6. The molecule has 6 aliphatic carbocycles. The molecule has 0 saturated heterocycles. The van der Waals surface area contributed by atoms with Gasteiger partial charge in [0.1, 0.15) is 11.5 Å². The van der Waals surface area contributed by atoms with Crippen molar-refractivity contribution in [3.63, 3.8) is 0 Å². The molecule has 8 rings (SSSR count). The molecule has 5 N–H and O–H groups in total. The van der Waals surface area contributed by atoms with E-state index in [0.29, 0.717) is 44.9 Å². The average Bonchev–Trinajstić information content (AvgIpc) is 3.88. The van der Waals surface area contributed by atoms with Crippen LogP contribution in [0.1, 0.15) is 158 Å². The minimum absolute atomic E-state index is 0.0757. The van der Waals surface area contributed by atoms with Crippen LogP contribution >= 0.6 is 15.6 Å². The Balaban J connectivity index is 0.000000234. The first-order valence-corrected chi connectivity index (χ1v) is 33.6. The third-order valence-corrected chi connectivity index (χ3v) is 23.1. The molecule has 0 spiro atoms. The lowest BCUT2D eigenvalue weighted by molar-refractivity contribution is -0.284. The number of rotatable bonds is 21. The largest absolute Gasteiger partial charge is 0.587 e. The second-order valence-corrected chi connectivity index (χ2v) is 29.7. The van der Waals surface area contributed by atoms with Gasteiger partial charge in [-0.05, 0) is 207 Å². The number of phosphoric ester groups is 2. The second kappa shape index (κ2) is 25.4. The normalized spacial score (nSPS) is 31.5. The van der Waals surface area contributed by atoms with Crippen molar-refractivity contribution in [1.82, 2.24) is 0 Å². The molecule has 2 aromatic carbocycles. The van der Waals surface area contributed by atoms with E-state index in [2.05, 4.69) is 18.4 Å². The first kappa shape index (κ1) is 65.9. The number of halogens is 10. The van der Waals surface area contributed by atoms with E-state index < -0.39 is 99.2 Å². The van der Waals surface area contributed by atoms with Crippen LogP contribution in [-0.2, 0) is 52.9 Å². The zero-order chi connectivity index (χ0) is 59.9. The van der Waals surface area contributed by atoms with Crippen LogP contribution in [0, 0.1) is 46.3 Å². The molecule has 0 aliphatic heterocycles. The lowest BCUT2D eigenvalue weighted by Gasteiger charge is -2.53. The molecule has 13 nitrogen and oxygen atoms in total. The molecule has 0 amide bonds. The van der Waals surface area contributed by atoms with Crippen molar-refractivity contribution in [3.8, 4) is 11.5 Å². The maximum absolute atomic E-state index is 13.2. The number of phosphoric acid groups is 2. The number of fused-ring (bicyclic) bond motifs is 10. The lowest BCUT2D eigenvalue weighted by Crippen LogP contribution is -2.47. The third-order valence-electron chi connectivity index (χ3n) is 18.8. The van der Waals surface area contributed by atoms with Crippen LogP contribution in [0.25, 0.3) is 0 Å². The molecule has 2 aromatic rings. The summed E-state index contributed by atoms with van der Waals surface area (Å²) in [5.41, 5.74) is 3.64. The summed E-state index contributed by atoms with van der Waals surface area (Å²) in [6.45, 7) is 5.26. The fourth-order valence-electron chi connectivity index (χ4n) is 15.0. The number of hydrogen-bond acceptors (Lipinski definition) is 10. The van der Waals surface area contributed by atoms with Gasteiger partial charge in [-0.25, -0.2) is 9.13 Å². The zero-order valence-electron chi connectivity index (χ0n) is 45.3. The van der Waals surface area contributed by atoms with Gasteiger partial charge >= 0.3 is 45.8 Å². The fourth-order valence-corrected chi connectivity index (χ4v) is 18.5. The number of benzene rings is 2. The van der Waals surface area contributed by atoms with Crippen molar-refractivity contribution < 1.29 is 105 Å². The number of alkyl halides is 10. The first-order valence-electron chi connectivity index (χ1n) is 27.6. The van der Waals surface area contributed by atoms with Gasteiger partial charge in [0, 0.05) is 64.4 Å². The highest BCUT2D eigenvalue weighted by Crippen LogP contribution is 2.65. The van der Waals surface area contributed by atoms with E-state index in [1.54, 1.807) is 24.3 Å². The molecule has 15 atom stereocenters. The monoisotopic (exact) mass is 1250 g/mol. The number of carbonyl (C=O) groups is 1. The summed E-state index contributed by atoms with van der Waals surface area (Å²) >= 11 is 0. The van der Waals surface area contributed by atoms with E-state index in [1.165, 1.54) is 0 Å². The van der Waals surface area contributed by atoms with Crippen LogP contribution in [0.15, 0.2) is 36.4 Å². The first-order chi connectivity index (χ1) is 37.4. The number of hydrogen-bond donors (Lipinski definition) is 5. The molecule has 0 radical (unpaired) electrons. The smallest absolute Gasteiger partial charge is 0.404 e. The van der Waals surface area contributed by atoms with Crippen LogP contribution < -0.4 is 9.05 Å². The van der Waals surface area contributed by atoms with Crippen LogP contribution in [0.2, 0.25) is 0 Å². The van der Waals surface area contributed by atoms with E-state index in [-0.39, 0.29) is 98.8 Å². The molecule has 3 unspecified atom stereocenters. The SMILES string of the molecule is CC(=O)OP(=O)(O)Oc1ccc2c(c1)C[C@@H](CCCS(=O)CCCC(F)(F)C(F)(F)F)[C@@H]1[C@@H]2CC[C@]2(C)[C@@H](O)CC[C@@H]12.C[C@]12CC[C@@H]3c4ccc(OP(=O)(O)O)cc4C[C@@H](CCCS(=O)CCCC(F)(F)C(F)(F)F)[C@H]3[C@@H]1CC[C@@H]2O. The summed E-state index contributed by atoms with van der Waals surface area (Å²) < 4.78 is 190. The minimum Gasteiger partial charge on any atom is -0.404 e. The van der Waals surface area contributed by atoms with E-state index >= 15 is 0 Å². The Morgan fingerprint density at radius 2 is 0.988 bits per heavy atom. The molecular weight excluding hydrogens is 1170 g/mol. The van der Waals surface area contributed by atoms with Gasteiger partial charge in [-0.15, -0.1) is 0 Å². The van der Waals surface area contributed by atoms with Crippen molar-refractivity contribution in [2.45, 2.75) is 185 Å². The maximum atomic E-state index is 13.2. The number of aliphatic hydroxyl groups is 2. The van der Waals surface area contributed by atoms with Gasteiger partial charge in [-0.3, -0.25) is 27.9 Å². The molecule has 4 fully saturated rings. The Hall–Kier alpha value is -2.63. The van der Waals surface area contributed by atoms with Crippen LogP contribution in [-0.4, -0.2) is 98.7 Å². The summed E-state index contributed by atoms with van der Waals surface area (Å²) in [6, 6.07) is 10.2. The molecule has 4 saturated carbocycles. The van der Waals surface area contributed by atoms with Gasteiger partial charge in [0.2, 0.25) is 0 Å². The van der Waals surface area contributed by atoms with E-state index in [0.717, 1.165) is 74.1 Å². The summed E-state index contributed by atoms with van der Waals surface area (Å²) in [4.78, 5) is 39.5. The maximum Gasteiger partial charge on any atom is 0.587 e. The highest BCUT2D eigenvalue weighted by atomic mass is 32.2. The van der Waals surface area contributed by atoms with Gasteiger partial charge < -0.3 is 23.8 Å². The molecule has 0 heterocycles. The minimum atomic E-state index is -5.62. The molecule has 0 aromatic heterocycles. The lowest BCUT2D eigenvalue weighted by atomic mass is 9.52. The van der Waals surface area contributed by atoms with Crippen molar-refractivity contribution in [2.24, 2.45) is 46.3 Å². The third kappa shape index (κ3) is 15.5. The van der Waals surface area contributed by atoms with Gasteiger partial charge in [0.15, 0.2) is 0 Å². The standard InChI is InChI=1S/C28H38F5O7PS.C26H36F5O6PS/c1-17(34)39-41(36,37)40-20-6-7-21-19(16-20)15-18(25-22(21)10-12-26(2)23(25)8-9-24(26)35)5-3-13-42(38)14-4-11-27(29,30)28(31,32)33;1-24-11-9-20-19-6-5-18(37-38(33,34)35)15-17(19)14-16(23(20)21(24)7-8-22(24)32)4-2-12-39(36)13-3-10-25(27,28)26(29,30)31/h6-7,16,18,22-25,35H,3-5,8-15H2,1-2H3,(H,36,37);5-6,15-16,20-23,32H,2-4,7-14H2,1H3,(H2,33,34,35)/t18-,22-,23+,24+,25-,26+,42?;16-,20-,21+,22+,23-,24+,39?/m11/s1.